The number of amides is 1. The first-order valence-corrected chi connectivity index (χ1v) is 9.33. The highest BCUT2D eigenvalue weighted by atomic mass is 16.1. The number of hydrogen-bond acceptors (Lipinski definition) is 2. The van der Waals surface area contributed by atoms with E-state index in [2.05, 4.69) is 55.5 Å². The van der Waals surface area contributed by atoms with Crippen molar-refractivity contribution in [2.45, 2.75) is 38.6 Å². The van der Waals surface area contributed by atoms with E-state index in [1.54, 1.807) is 0 Å². The van der Waals surface area contributed by atoms with Crippen molar-refractivity contribution in [2.75, 3.05) is 0 Å². The van der Waals surface area contributed by atoms with Gasteiger partial charge < -0.3 is 11.5 Å². The fourth-order valence-electron chi connectivity index (χ4n) is 4.16. The van der Waals surface area contributed by atoms with E-state index >= 15 is 0 Å². The summed E-state index contributed by atoms with van der Waals surface area (Å²) in [5, 5.41) is 7.64. The molecule has 0 aliphatic carbocycles. The fourth-order valence-corrected chi connectivity index (χ4v) is 4.16. The molecule has 4 N–H and O–H groups in total. The van der Waals surface area contributed by atoms with E-state index in [-0.39, 0.29) is 11.9 Å². The molecule has 0 fully saturated rings. The van der Waals surface area contributed by atoms with Crippen molar-refractivity contribution >= 4 is 38.2 Å². The number of hydrogen-bond donors (Lipinski definition) is 2. The molecule has 26 heavy (non-hydrogen) atoms. The molecule has 0 bridgehead atoms. The van der Waals surface area contributed by atoms with E-state index in [9.17, 15) is 4.79 Å². The van der Waals surface area contributed by atoms with Gasteiger partial charge >= 0.3 is 0 Å². The molecule has 0 heterocycles. The molecule has 4 aromatic carbocycles. The molecule has 1 unspecified atom stereocenters. The maximum Gasteiger partial charge on any atom is 0.217 e. The largest absolute Gasteiger partial charge is 0.370 e. The van der Waals surface area contributed by atoms with Crippen molar-refractivity contribution in [3.05, 3.63) is 59.7 Å². The number of benzene rings is 4. The minimum absolute atomic E-state index is 0.000459. The van der Waals surface area contributed by atoms with Gasteiger partial charge in [-0.15, -0.1) is 0 Å². The second kappa shape index (κ2) is 6.58. The normalized spacial score (nSPS) is 13.0. The second-order valence-corrected chi connectivity index (χ2v) is 7.13. The van der Waals surface area contributed by atoms with E-state index in [1.165, 1.54) is 43.4 Å². The first-order valence-electron chi connectivity index (χ1n) is 9.33. The summed E-state index contributed by atoms with van der Waals surface area (Å²) < 4.78 is 0. The molecule has 132 valence electrons. The van der Waals surface area contributed by atoms with Gasteiger partial charge in [-0.1, -0.05) is 49.4 Å². The topological polar surface area (TPSA) is 69.1 Å². The van der Waals surface area contributed by atoms with Gasteiger partial charge in [0.1, 0.15) is 0 Å². The van der Waals surface area contributed by atoms with Crippen LogP contribution in [0.4, 0.5) is 0 Å². The van der Waals surface area contributed by atoms with E-state index in [0.717, 1.165) is 19.3 Å². The van der Waals surface area contributed by atoms with Crippen LogP contribution in [0.2, 0.25) is 0 Å². The van der Waals surface area contributed by atoms with Gasteiger partial charge in [-0.05, 0) is 68.8 Å². The quantitative estimate of drug-likeness (QED) is 0.493. The van der Waals surface area contributed by atoms with Gasteiger partial charge in [0.15, 0.2) is 0 Å². The van der Waals surface area contributed by atoms with Crippen molar-refractivity contribution < 1.29 is 4.79 Å². The fraction of sp³-hybridized carbons (Fsp3) is 0.261. The molecule has 1 amide bonds. The Kier molecular flexibility index (Phi) is 4.25. The summed E-state index contributed by atoms with van der Waals surface area (Å²) in [5.41, 5.74) is 14.3. The Hall–Kier alpha value is -2.65. The standard InChI is InChI=1S/C23H24N2O/c1-2-20(24)19-13-16-10-9-14-5-3-6-15-11-12-18(23(16)22(14)15)17(19)7-4-8-21(25)26/h3,5-6,9-13,20H,2,4,7-8,24H2,1H3,(H2,25,26). The molecule has 4 rings (SSSR count). The third kappa shape index (κ3) is 2.69. The van der Waals surface area contributed by atoms with Crippen LogP contribution in [-0.2, 0) is 11.2 Å². The lowest BCUT2D eigenvalue weighted by molar-refractivity contribution is -0.118. The van der Waals surface area contributed by atoms with Gasteiger partial charge in [0.05, 0.1) is 0 Å². The first-order chi connectivity index (χ1) is 12.6. The molecule has 0 aromatic heterocycles. The summed E-state index contributed by atoms with van der Waals surface area (Å²) in [6, 6.07) is 17.5. The molecule has 3 heteroatoms. The van der Waals surface area contributed by atoms with Crippen LogP contribution < -0.4 is 11.5 Å². The number of aryl methyl sites for hydroxylation is 1. The van der Waals surface area contributed by atoms with Gasteiger partial charge in [0, 0.05) is 12.5 Å². The Balaban J connectivity index is 2.01. The summed E-state index contributed by atoms with van der Waals surface area (Å²) in [6.07, 6.45) is 2.86. The van der Waals surface area contributed by atoms with Crippen molar-refractivity contribution in [3.63, 3.8) is 0 Å². The number of primary amides is 1. The number of carbonyl (C=O) groups excluding carboxylic acids is 1. The molecular formula is C23H24N2O. The van der Waals surface area contributed by atoms with Crippen molar-refractivity contribution in [2.24, 2.45) is 11.5 Å². The summed E-state index contributed by atoms with van der Waals surface area (Å²) in [5.74, 6) is -0.246. The third-order valence-electron chi connectivity index (χ3n) is 5.48. The van der Waals surface area contributed by atoms with E-state index in [1.807, 2.05) is 0 Å². The number of carbonyl (C=O) groups is 1. The predicted molar refractivity (Wildman–Crippen MR) is 109 cm³/mol. The van der Waals surface area contributed by atoms with Crippen molar-refractivity contribution in [3.8, 4) is 0 Å². The molecule has 0 aliphatic rings. The van der Waals surface area contributed by atoms with Crippen LogP contribution in [0.3, 0.4) is 0 Å². The Morgan fingerprint density at radius 1 is 1.00 bits per heavy atom. The van der Waals surface area contributed by atoms with Gasteiger partial charge in [-0.3, -0.25) is 4.79 Å². The second-order valence-electron chi connectivity index (χ2n) is 7.13. The van der Waals surface area contributed by atoms with Crippen LogP contribution in [0.1, 0.15) is 43.4 Å². The maximum atomic E-state index is 11.2. The molecular weight excluding hydrogens is 320 g/mol. The predicted octanol–water partition coefficient (Wildman–Crippen LogP) is 4.80. The highest BCUT2D eigenvalue weighted by Crippen LogP contribution is 2.39. The van der Waals surface area contributed by atoms with Crippen LogP contribution in [0.15, 0.2) is 48.5 Å². The Bertz CT molecular complexity index is 1080. The Labute approximate surface area is 153 Å². The maximum absolute atomic E-state index is 11.2. The smallest absolute Gasteiger partial charge is 0.217 e. The lowest BCUT2D eigenvalue weighted by Gasteiger charge is -2.21. The summed E-state index contributed by atoms with van der Waals surface area (Å²) >= 11 is 0. The average molecular weight is 344 g/mol. The van der Waals surface area contributed by atoms with Crippen LogP contribution in [0.5, 0.6) is 0 Å². The molecule has 1 atom stereocenters. The Morgan fingerprint density at radius 3 is 2.38 bits per heavy atom. The number of rotatable bonds is 6. The van der Waals surface area contributed by atoms with E-state index in [4.69, 9.17) is 11.5 Å². The zero-order chi connectivity index (χ0) is 18.3. The number of nitrogens with two attached hydrogens (primary N) is 2. The molecule has 4 aromatic rings. The van der Waals surface area contributed by atoms with Crippen LogP contribution in [-0.4, -0.2) is 5.91 Å². The van der Waals surface area contributed by atoms with E-state index in [0.29, 0.717) is 6.42 Å². The summed E-state index contributed by atoms with van der Waals surface area (Å²) in [6.45, 7) is 2.11. The van der Waals surface area contributed by atoms with Gasteiger partial charge in [-0.25, -0.2) is 0 Å². The summed E-state index contributed by atoms with van der Waals surface area (Å²) in [4.78, 5) is 11.2. The highest BCUT2D eigenvalue weighted by molar-refractivity contribution is 6.23. The van der Waals surface area contributed by atoms with Gasteiger partial charge in [0.25, 0.3) is 0 Å². The van der Waals surface area contributed by atoms with Crippen LogP contribution >= 0.6 is 0 Å². The summed E-state index contributed by atoms with van der Waals surface area (Å²) in [7, 11) is 0. The SMILES string of the molecule is CCC(N)c1cc2ccc3cccc4ccc(c1CCCC(N)=O)c2c34. The molecule has 0 saturated heterocycles. The lowest BCUT2D eigenvalue weighted by Crippen LogP contribution is -2.14. The average Bonchev–Trinajstić information content (AvgIpc) is 2.65. The van der Waals surface area contributed by atoms with E-state index < -0.39 is 0 Å². The molecule has 3 nitrogen and oxygen atoms in total. The lowest BCUT2D eigenvalue weighted by atomic mass is 9.85. The molecule has 0 saturated carbocycles. The zero-order valence-corrected chi connectivity index (χ0v) is 15.1. The molecule has 0 aliphatic heterocycles. The Morgan fingerprint density at radius 2 is 1.69 bits per heavy atom. The van der Waals surface area contributed by atoms with Gasteiger partial charge in [0.2, 0.25) is 5.91 Å². The van der Waals surface area contributed by atoms with Crippen LogP contribution in [0.25, 0.3) is 32.3 Å². The van der Waals surface area contributed by atoms with Crippen LogP contribution in [0, 0.1) is 0 Å². The van der Waals surface area contributed by atoms with Gasteiger partial charge in [-0.2, -0.15) is 0 Å². The zero-order valence-electron chi connectivity index (χ0n) is 15.1. The minimum Gasteiger partial charge on any atom is -0.370 e. The van der Waals surface area contributed by atoms with Crippen molar-refractivity contribution in [1.29, 1.82) is 0 Å². The highest BCUT2D eigenvalue weighted by Gasteiger charge is 2.17. The van der Waals surface area contributed by atoms with Crippen molar-refractivity contribution in [1.82, 2.24) is 0 Å². The molecule has 0 spiro atoms. The molecule has 0 radical (unpaired) electrons. The first kappa shape index (κ1) is 16.8. The monoisotopic (exact) mass is 344 g/mol. The third-order valence-corrected chi connectivity index (χ3v) is 5.48. The minimum atomic E-state index is -0.246.